The highest BCUT2D eigenvalue weighted by Crippen LogP contribution is 2.33. The molecule has 1 saturated heterocycles. The van der Waals surface area contributed by atoms with Crippen molar-refractivity contribution in [2.45, 2.75) is 12.3 Å². The number of methoxy groups -OCH3 is 1. The van der Waals surface area contributed by atoms with E-state index in [4.69, 9.17) is 15.2 Å². The van der Waals surface area contributed by atoms with Crippen molar-refractivity contribution in [3.05, 3.63) is 23.8 Å². The average Bonchev–Trinajstić information content (AvgIpc) is 2.70. The Morgan fingerprint density at radius 3 is 3.00 bits per heavy atom. The molecule has 1 heterocycles. The van der Waals surface area contributed by atoms with Gasteiger partial charge in [0.1, 0.15) is 5.75 Å². The molecule has 76 valence electrons. The number of hydrogen-bond donors (Lipinski definition) is 1. The standard InChI is InChI=1S/C11H15NO2/c1-13-11-6-9(12)2-3-10(11)8-4-5-14-7-8/h2-3,6,8H,4-5,7,12H2,1H3. The summed E-state index contributed by atoms with van der Waals surface area (Å²) in [7, 11) is 1.67. The second-order valence-corrected chi connectivity index (χ2v) is 3.56. The zero-order chi connectivity index (χ0) is 9.97. The van der Waals surface area contributed by atoms with Gasteiger partial charge in [0.2, 0.25) is 0 Å². The van der Waals surface area contributed by atoms with Crippen molar-refractivity contribution in [1.29, 1.82) is 0 Å². The fourth-order valence-electron chi connectivity index (χ4n) is 1.84. The van der Waals surface area contributed by atoms with Crippen molar-refractivity contribution in [1.82, 2.24) is 0 Å². The Morgan fingerprint density at radius 1 is 1.50 bits per heavy atom. The van der Waals surface area contributed by atoms with E-state index in [0.717, 1.165) is 31.1 Å². The second-order valence-electron chi connectivity index (χ2n) is 3.56. The van der Waals surface area contributed by atoms with Gasteiger partial charge in [-0.15, -0.1) is 0 Å². The number of hydrogen-bond acceptors (Lipinski definition) is 3. The van der Waals surface area contributed by atoms with Crippen molar-refractivity contribution >= 4 is 5.69 Å². The highest BCUT2D eigenvalue weighted by Gasteiger charge is 2.20. The first-order chi connectivity index (χ1) is 6.81. The molecule has 0 bridgehead atoms. The fourth-order valence-corrected chi connectivity index (χ4v) is 1.84. The third-order valence-electron chi connectivity index (χ3n) is 2.63. The Hall–Kier alpha value is -1.22. The Kier molecular flexibility index (Phi) is 2.59. The van der Waals surface area contributed by atoms with Gasteiger partial charge in [-0.2, -0.15) is 0 Å². The van der Waals surface area contributed by atoms with Crippen molar-refractivity contribution in [2.24, 2.45) is 0 Å². The Balaban J connectivity index is 2.31. The van der Waals surface area contributed by atoms with Crippen molar-refractivity contribution in [2.75, 3.05) is 26.1 Å². The van der Waals surface area contributed by atoms with Gasteiger partial charge in [0.15, 0.2) is 0 Å². The van der Waals surface area contributed by atoms with Crippen LogP contribution in [0.3, 0.4) is 0 Å². The SMILES string of the molecule is COc1cc(N)ccc1C1CCOC1. The van der Waals surface area contributed by atoms with E-state index < -0.39 is 0 Å². The van der Waals surface area contributed by atoms with Crippen LogP contribution in [-0.2, 0) is 4.74 Å². The van der Waals surface area contributed by atoms with Crippen LogP contribution in [0.4, 0.5) is 5.69 Å². The molecule has 0 spiro atoms. The molecular weight excluding hydrogens is 178 g/mol. The molecule has 1 aliphatic rings. The van der Waals surface area contributed by atoms with Gasteiger partial charge < -0.3 is 15.2 Å². The van der Waals surface area contributed by atoms with Crippen LogP contribution in [0.1, 0.15) is 17.9 Å². The summed E-state index contributed by atoms with van der Waals surface area (Å²) in [4.78, 5) is 0. The molecule has 3 heteroatoms. The quantitative estimate of drug-likeness (QED) is 0.728. The van der Waals surface area contributed by atoms with Crippen LogP contribution in [0.15, 0.2) is 18.2 Å². The maximum absolute atomic E-state index is 5.69. The summed E-state index contributed by atoms with van der Waals surface area (Å²) in [5.74, 6) is 1.34. The van der Waals surface area contributed by atoms with Crippen LogP contribution in [-0.4, -0.2) is 20.3 Å². The van der Waals surface area contributed by atoms with E-state index in [2.05, 4.69) is 0 Å². The normalized spacial score (nSPS) is 21.1. The number of nitrogens with two attached hydrogens (primary N) is 1. The Bertz CT molecular complexity index is 319. The molecule has 2 N–H and O–H groups in total. The maximum Gasteiger partial charge on any atom is 0.124 e. The van der Waals surface area contributed by atoms with Crippen LogP contribution >= 0.6 is 0 Å². The molecule has 14 heavy (non-hydrogen) atoms. The highest BCUT2D eigenvalue weighted by atomic mass is 16.5. The highest BCUT2D eigenvalue weighted by molar-refractivity contribution is 5.49. The summed E-state index contributed by atoms with van der Waals surface area (Å²) in [5, 5.41) is 0. The van der Waals surface area contributed by atoms with Gasteiger partial charge in [0.25, 0.3) is 0 Å². The summed E-state index contributed by atoms with van der Waals surface area (Å²) in [6.07, 6.45) is 1.07. The fraction of sp³-hybridized carbons (Fsp3) is 0.455. The molecule has 1 fully saturated rings. The zero-order valence-corrected chi connectivity index (χ0v) is 8.32. The second kappa shape index (κ2) is 3.88. The largest absolute Gasteiger partial charge is 0.496 e. The smallest absolute Gasteiger partial charge is 0.124 e. The predicted molar refractivity (Wildman–Crippen MR) is 55.6 cm³/mol. The van der Waals surface area contributed by atoms with Gasteiger partial charge in [0, 0.05) is 24.3 Å². The van der Waals surface area contributed by atoms with E-state index in [0.29, 0.717) is 5.92 Å². The Labute approximate surface area is 83.8 Å². The molecule has 0 amide bonds. The van der Waals surface area contributed by atoms with Gasteiger partial charge in [-0.3, -0.25) is 0 Å². The molecule has 2 rings (SSSR count). The molecule has 0 radical (unpaired) electrons. The van der Waals surface area contributed by atoms with E-state index in [-0.39, 0.29) is 0 Å². The van der Waals surface area contributed by atoms with Crippen molar-refractivity contribution < 1.29 is 9.47 Å². The van der Waals surface area contributed by atoms with E-state index in [1.165, 1.54) is 5.56 Å². The number of nitrogen functional groups attached to an aromatic ring is 1. The summed E-state index contributed by atoms with van der Waals surface area (Å²) >= 11 is 0. The van der Waals surface area contributed by atoms with Crippen molar-refractivity contribution in [3.63, 3.8) is 0 Å². The third-order valence-corrected chi connectivity index (χ3v) is 2.63. The van der Waals surface area contributed by atoms with E-state index >= 15 is 0 Å². The first kappa shape index (κ1) is 9.34. The van der Waals surface area contributed by atoms with E-state index in [1.807, 2.05) is 18.2 Å². The molecule has 1 unspecified atom stereocenters. The first-order valence-electron chi connectivity index (χ1n) is 4.82. The first-order valence-corrected chi connectivity index (χ1v) is 4.82. The summed E-state index contributed by atoms with van der Waals surface area (Å²) in [5.41, 5.74) is 7.64. The summed E-state index contributed by atoms with van der Waals surface area (Å²) < 4.78 is 10.7. The van der Waals surface area contributed by atoms with Gasteiger partial charge in [0.05, 0.1) is 13.7 Å². The number of ether oxygens (including phenoxy) is 2. The van der Waals surface area contributed by atoms with Gasteiger partial charge in [-0.1, -0.05) is 6.07 Å². The molecule has 3 nitrogen and oxygen atoms in total. The number of anilines is 1. The number of benzene rings is 1. The van der Waals surface area contributed by atoms with Gasteiger partial charge in [-0.05, 0) is 18.1 Å². The lowest BCUT2D eigenvalue weighted by atomic mass is 9.97. The topological polar surface area (TPSA) is 44.5 Å². The predicted octanol–water partition coefficient (Wildman–Crippen LogP) is 1.78. The third kappa shape index (κ3) is 1.68. The lowest BCUT2D eigenvalue weighted by Crippen LogP contribution is -2.01. The minimum absolute atomic E-state index is 0.463. The molecule has 0 saturated carbocycles. The van der Waals surface area contributed by atoms with Crippen LogP contribution in [0.5, 0.6) is 5.75 Å². The maximum atomic E-state index is 5.69. The molecule has 1 aliphatic heterocycles. The number of rotatable bonds is 2. The van der Waals surface area contributed by atoms with Gasteiger partial charge in [-0.25, -0.2) is 0 Å². The van der Waals surface area contributed by atoms with Crippen LogP contribution < -0.4 is 10.5 Å². The Morgan fingerprint density at radius 2 is 2.36 bits per heavy atom. The molecular formula is C11H15NO2. The monoisotopic (exact) mass is 193 g/mol. The van der Waals surface area contributed by atoms with Crippen LogP contribution in [0.25, 0.3) is 0 Å². The average molecular weight is 193 g/mol. The molecule has 1 atom stereocenters. The summed E-state index contributed by atoms with van der Waals surface area (Å²) in [6.45, 7) is 1.64. The molecule has 0 aromatic heterocycles. The van der Waals surface area contributed by atoms with E-state index in [9.17, 15) is 0 Å². The minimum atomic E-state index is 0.463. The molecule has 1 aromatic rings. The lowest BCUT2D eigenvalue weighted by Gasteiger charge is -2.13. The molecule has 0 aliphatic carbocycles. The van der Waals surface area contributed by atoms with Crippen molar-refractivity contribution in [3.8, 4) is 5.75 Å². The van der Waals surface area contributed by atoms with Crippen LogP contribution in [0, 0.1) is 0 Å². The zero-order valence-electron chi connectivity index (χ0n) is 8.32. The lowest BCUT2D eigenvalue weighted by molar-refractivity contribution is 0.193. The molecule has 1 aromatic carbocycles. The van der Waals surface area contributed by atoms with Crippen LogP contribution in [0.2, 0.25) is 0 Å². The van der Waals surface area contributed by atoms with Gasteiger partial charge >= 0.3 is 0 Å². The van der Waals surface area contributed by atoms with E-state index in [1.54, 1.807) is 7.11 Å². The summed E-state index contributed by atoms with van der Waals surface area (Å²) in [6, 6.07) is 5.82. The minimum Gasteiger partial charge on any atom is -0.496 e.